The van der Waals surface area contributed by atoms with Crippen molar-refractivity contribution in [3.63, 3.8) is 0 Å². The van der Waals surface area contributed by atoms with E-state index in [2.05, 4.69) is 36.5 Å². The van der Waals surface area contributed by atoms with E-state index in [1.54, 1.807) is 0 Å². The van der Waals surface area contributed by atoms with Crippen molar-refractivity contribution in [2.45, 2.75) is 26.5 Å². The maximum atomic E-state index is 6.17. The van der Waals surface area contributed by atoms with Gasteiger partial charge < -0.3 is 10.1 Å². The molecule has 0 amide bonds. The summed E-state index contributed by atoms with van der Waals surface area (Å²) in [5.74, 6) is 0.821. The maximum Gasteiger partial charge on any atom is 0.124 e. The number of aryl methyl sites for hydroxylation is 1. The Kier molecular flexibility index (Phi) is 6.43. The molecule has 0 aliphatic carbocycles. The second-order valence-electron chi connectivity index (χ2n) is 6.07. The molecule has 0 aliphatic heterocycles. The van der Waals surface area contributed by atoms with Crippen LogP contribution >= 0.6 is 23.2 Å². The molecule has 0 saturated carbocycles. The molecule has 0 radical (unpaired) electrons. The standard InChI is InChI=1S/C22H21Cl2NO/c1-2-16-5-10-21(11-6-16)25-14-18-13-20(24)9-12-22(18)26-15-17-3-7-19(23)8-4-17/h3-13,25H,2,14-15H2,1H3. The van der Waals surface area contributed by atoms with Crippen LogP contribution in [0.25, 0.3) is 0 Å². The number of ether oxygens (including phenoxy) is 1. The van der Waals surface area contributed by atoms with Gasteiger partial charge >= 0.3 is 0 Å². The van der Waals surface area contributed by atoms with Gasteiger partial charge in [0.15, 0.2) is 0 Å². The van der Waals surface area contributed by atoms with E-state index >= 15 is 0 Å². The molecule has 4 heteroatoms. The average Bonchev–Trinajstić information content (AvgIpc) is 2.67. The Bertz CT molecular complexity index is 845. The first-order valence-corrected chi connectivity index (χ1v) is 9.38. The highest BCUT2D eigenvalue weighted by Crippen LogP contribution is 2.25. The molecule has 0 heterocycles. The number of hydrogen-bond donors (Lipinski definition) is 1. The first-order valence-electron chi connectivity index (χ1n) is 8.62. The topological polar surface area (TPSA) is 21.3 Å². The lowest BCUT2D eigenvalue weighted by atomic mass is 10.1. The maximum absolute atomic E-state index is 6.17. The van der Waals surface area contributed by atoms with Crippen LogP contribution in [0.1, 0.15) is 23.6 Å². The van der Waals surface area contributed by atoms with Crippen molar-refractivity contribution >= 4 is 28.9 Å². The summed E-state index contributed by atoms with van der Waals surface area (Å²) in [5, 5.41) is 4.85. The van der Waals surface area contributed by atoms with Gasteiger partial charge in [-0.15, -0.1) is 0 Å². The number of hydrogen-bond acceptors (Lipinski definition) is 2. The highest BCUT2D eigenvalue weighted by atomic mass is 35.5. The average molecular weight is 386 g/mol. The Balaban J connectivity index is 1.67. The van der Waals surface area contributed by atoms with Gasteiger partial charge in [0.1, 0.15) is 12.4 Å². The quantitative estimate of drug-likeness (QED) is 0.485. The van der Waals surface area contributed by atoms with Crippen LogP contribution in [0.5, 0.6) is 5.75 Å². The summed E-state index contributed by atoms with van der Waals surface area (Å²) >= 11 is 12.1. The van der Waals surface area contributed by atoms with Gasteiger partial charge in [0.05, 0.1) is 0 Å². The first kappa shape index (κ1) is 18.6. The Morgan fingerprint density at radius 2 is 1.46 bits per heavy atom. The normalized spacial score (nSPS) is 10.6. The third-order valence-electron chi connectivity index (χ3n) is 4.18. The van der Waals surface area contributed by atoms with Crippen molar-refractivity contribution in [2.75, 3.05) is 5.32 Å². The zero-order valence-electron chi connectivity index (χ0n) is 14.6. The Morgan fingerprint density at radius 1 is 0.808 bits per heavy atom. The lowest BCUT2D eigenvalue weighted by molar-refractivity contribution is 0.303. The number of anilines is 1. The molecular weight excluding hydrogens is 365 g/mol. The molecule has 0 unspecified atom stereocenters. The van der Waals surface area contributed by atoms with E-state index in [1.807, 2.05) is 42.5 Å². The molecular formula is C22H21Cl2NO. The van der Waals surface area contributed by atoms with Gasteiger partial charge in [-0.1, -0.05) is 54.4 Å². The Morgan fingerprint density at radius 3 is 2.15 bits per heavy atom. The third-order valence-corrected chi connectivity index (χ3v) is 4.66. The van der Waals surface area contributed by atoms with E-state index in [0.29, 0.717) is 18.2 Å². The molecule has 0 saturated heterocycles. The van der Waals surface area contributed by atoms with Crippen molar-refractivity contribution in [2.24, 2.45) is 0 Å². The fourth-order valence-corrected chi connectivity index (χ4v) is 2.94. The predicted molar refractivity (Wildman–Crippen MR) is 110 cm³/mol. The second kappa shape index (κ2) is 8.98. The fraction of sp³-hybridized carbons (Fsp3) is 0.182. The van der Waals surface area contributed by atoms with Gasteiger partial charge in [-0.3, -0.25) is 0 Å². The van der Waals surface area contributed by atoms with E-state index < -0.39 is 0 Å². The number of benzene rings is 3. The second-order valence-corrected chi connectivity index (χ2v) is 6.94. The van der Waals surface area contributed by atoms with Gasteiger partial charge in [-0.25, -0.2) is 0 Å². The van der Waals surface area contributed by atoms with Crippen molar-refractivity contribution in [1.82, 2.24) is 0 Å². The van der Waals surface area contributed by atoms with Crippen molar-refractivity contribution in [3.8, 4) is 5.75 Å². The molecule has 0 atom stereocenters. The largest absolute Gasteiger partial charge is 0.489 e. The Labute approximate surface area is 164 Å². The lowest BCUT2D eigenvalue weighted by Crippen LogP contribution is -2.04. The SMILES string of the molecule is CCc1ccc(NCc2cc(Cl)ccc2OCc2ccc(Cl)cc2)cc1. The molecule has 0 aliphatic rings. The zero-order valence-corrected chi connectivity index (χ0v) is 16.1. The van der Waals surface area contributed by atoms with Crippen LogP contribution in [-0.4, -0.2) is 0 Å². The molecule has 3 aromatic carbocycles. The van der Waals surface area contributed by atoms with Gasteiger partial charge in [0.25, 0.3) is 0 Å². The van der Waals surface area contributed by atoms with Gasteiger partial charge in [0, 0.05) is 27.8 Å². The van der Waals surface area contributed by atoms with Gasteiger partial charge in [-0.05, 0) is 60.0 Å². The molecule has 1 N–H and O–H groups in total. The molecule has 2 nitrogen and oxygen atoms in total. The summed E-state index contributed by atoms with van der Waals surface area (Å²) in [7, 11) is 0. The smallest absolute Gasteiger partial charge is 0.124 e. The minimum absolute atomic E-state index is 0.483. The van der Waals surface area contributed by atoms with Crippen LogP contribution in [0.4, 0.5) is 5.69 Å². The van der Waals surface area contributed by atoms with Gasteiger partial charge in [-0.2, -0.15) is 0 Å². The molecule has 0 bridgehead atoms. The summed E-state index contributed by atoms with van der Waals surface area (Å²) in [5.41, 5.74) is 4.49. The minimum atomic E-state index is 0.483. The molecule has 0 aromatic heterocycles. The molecule has 0 spiro atoms. The van der Waals surface area contributed by atoms with Crippen molar-refractivity contribution in [3.05, 3.63) is 93.5 Å². The van der Waals surface area contributed by atoms with E-state index in [9.17, 15) is 0 Å². The summed E-state index contributed by atoms with van der Waals surface area (Å²) in [6.07, 6.45) is 1.04. The molecule has 3 rings (SSSR count). The van der Waals surface area contributed by atoms with E-state index in [4.69, 9.17) is 27.9 Å². The van der Waals surface area contributed by atoms with E-state index in [-0.39, 0.29) is 0 Å². The summed E-state index contributed by atoms with van der Waals surface area (Å²) in [6, 6.07) is 21.8. The first-order chi connectivity index (χ1) is 12.6. The van der Waals surface area contributed by atoms with Gasteiger partial charge in [0.2, 0.25) is 0 Å². The van der Waals surface area contributed by atoms with E-state index in [0.717, 1.165) is 34.0 Å². The summed E-state index contributed by atoms with van der Waals surface area (Å²) in [6.45, 7) is 3.28. The Hall–Kier alpha value is -2.16. The highest BCUT2D eigenvalue weighted by Gasteiger charge is 2.06. The lowest BCUT2D eigenvalue weighted by Gasteiger charge is -2.14. The zero-order chi connectivity index (χ0) is 18.4. The van der Waals surface area contributed by atoms with Crippen molar-refractivity contribution in [1.29, 1.82) is 0 Å². The third kappa shape index (κ3) is 5.17. The van der Waals surface area contributed by atoms with Crippen LogP contribution in [0.2, 0.25) is 10.0 Å². The predicted octanol–water partition coefficient (Wildman–Crippen LogP) is 6.75. The highest BCUT2D eigenvalue weighted by molar-refractivity contribution is 6.30. The molecule has 134 valence electrons. The summed E-state index contributed by atoms with van der Waals surface area (Å²) < 4.78 is 6.00. The summed E-state index contributed by atoms with van der Waals surface area (Å²) in [4.78, 5) is 0. The molecule has 0 fully saturated rings. The molecule has 3 aromatic rings. The number of halogens is 2. The molecule has 26 heavy (non-hydrogen) atoms. The monoisotopic (exact) mass is 385 g/mol. The number of rotatable bonds is 7. The van der Waals surface area contributed by atoms with Crippen LogP contribution < -0.4 is 10.1 Å². The van der Waals surface area contributed by atoms with E-state index in [1.165, 1.54) is 5.56 Å². The minimum Gasteiger partial charge on any atom is -0.489 e. The van der Waals surface area contributed by atoms with Crippen LogP contribution in [0.15, 0.2) is 66.7 Å². The van der Waals surface area contributed by atoms with Crippen LogP contribution in [0.3, 0.4) is 0 Å². The number of nitrogens with one attached hydrogen (secondary N) is 1. The fourth-order valence-electron chi connectivity index (χ4n) is 2.62. The van der Waals surface area contributed by atoms with Crippen molar-refractivity contribution < 1.29 is 4.74 Å². The van der Waals surface area contributed by atoms with Crippen LogP contribution in [-0.2, 0) is 19.6 Å². The van der Waals surface area contributed by atoms with Crippen LogP contribution in [0, 0.1) is 0 Å².